The van der Waals surface area contributed by atoms with Crippen LogP contribution in [0.3, 0.4) is 0 Å². The number of rotatable bonds is 1. The molecule has 0 aromatic rings. The van der Waals surface area contributed by atoms with Gasteiger partial charge in [-0.15, -0.1) is 0 Å². The molecule has 0 aromatic heterocycles. The van der Waals surface area contributed by atoms with Crippen LogP contribution in [0, 0.1) is 0 Å². The van der Waals surface area contributed by atoms with Gasteiger partial charge in [-0.05, 0) is 0 Å². The van der Waals surface area contributed by atoms with Crippen LogP contribution < -0.4 is 0 Å². The summed E-state index contributed by atoms with van der Waals surface area (Å²) in [5.74, 6) is 0. The zero-order valence-corrected chi connectivity index (χ0v) is 8.16. The molecule has 1 unspecified atom stereocenters. The molecule has 0 fully saturated rings. The van der Waals surface area contributed by atoms with Crippen molar-refractivity contribution in [1.82, 2.24) is 0 Å². The zero-order valence-electron chi connectivity index (χ0n) is 3.89. The highest BCUT2D eigenvalue weighted by Gasteiger charge is 2.45. The normalized spacial score (nSPS) is 20.6. The molecule has 0 rings (SSSR count). The first-order chi connectivity index (χ1) is 3.25. The SMILES string of the molecule is FC([SiH3])(Cl)C(F)(Cl)Cl. The van der Waals surface area contributed by atoms with Crippen molar-refractivity contribution in [3.05, 3.63) is 0 Å². The van der Waals surface area contributed by atoms with Crippen LogP contribution in [0.5, 0.6) is 0 Å². The molecule has 0 spiro atoms. The Labute approximate surface area is 63.5 Å². The van der Waals surface area contributed by atoms with E-state index in [1.807, 2.05) is 0 Å². The second-order valence-corrected chi connectivity index (χ2v) is 5.34. The fourth-order valence-electron chi connectivity index (χ4n) is 0. The maximum absolute atomic E-state index is 12.1. The lowest BCUT2D eigenvalue weighted by atomic mass is 10.8. The predicted octanol–water partition coefficient (Wildman–Crippen LogP) is 1.31. The Morgan fingerprint density at radius 2 is 1.25 bits per heavy atom. The minimum atomic E-state index is -2.96. The molecular weight excluding hydrogens is 196 g/mol. The Hall–Kier alpha value is 0.947. The highest BCUT2D eigenvalue weighted by molar-refractivity contribution is 6.59. The number of halogens is 5. The molecule has 0 radical (unpaired) electrons. The third-order valence-electron chi connectivity index (χ3n) is 0.498. The van der Waals surface area contributed by atoms with E-state index < -0.39 is 9.34 Å². The van der Waals surface area contributed by atoms with Gasteiger partial charge < -0.3 is 0 Å². The molecule has 6 heteroatoms. The fourth-order valence-corrected chi connectivity index (χ4v) is 0. The number of hydrogen-bond acceptors (Lipinski definition) is 0. The summed E-state index contributed by atoms with van der Waals surface area (Å²) in [5, 5.41) is 0. The van der Waals surface area contributed by atoms with Gasteiger partial charge in [0.05, 0.1) is 10.2 Å². The Bertz CT molecular complexity index is 70.3. The average molecular weight is 199 g/mol. The van der Waals surface area contributed by atoms with Gasteiger partial charge in [0.15, 0.2) is 0 Å². The van der Waals surface area contributed by atoms with E-state index in [0.717, 1.165) is 0 Å². The first-order valence-corrected chi connectivity index (χ1v) is 3.83. The lowest BCUT2D eigenvalue weighted by Gasteiger charge is -2.18. The first kappa shape index (κ1) is 8.95. The fraction of sp³-hybridized carbons (Fsp3) is 1.00. The maximum Gasteiger partial charge on any atom is 0.300 e. The summed E-state index contributed by atoms with van der Waals surface area (Å²) in [7, 11) is -0.253. The maximum atomic E-state index is 12.1. The molecule has 0 aliphatic rings. The zero-order chi connectivity index (χ0) is 7.00. The Morgan fingerprint density at radius 3 is 1.25 bits per heavy atom. The topological polar surface area (TPSA) is 0 Å². The molecule has 0 heterocycles. The second-order valence-electron chi connectivity index (χ2n) is 1.39. The van der Waals surface area contributed by atoms with E-state index in [1.165, 1.54) is 0 Å². The highest BCUT2D eigenvalue weighted by Crippen LogP contribution is 2.38. The van der Waals surface area contributed by atoms with Crippen molar-refractivity contribution in [2.75, 3.05) is 0 Å². The van der Waals surface area contributed by atoms with Crippen molar-refractivity contribution in [1.29, 1.82) is 0 Å². The molecule has 0 aliphatic carbocycles. The van der Waals surface area contributed by atoms with Crippen LogP contribution in [0.4, 0.5) is 8.78 Å². The van der Waals surface area contributed by atoms with E-state index in [-0.39, 0.29) is 10.2 Å². The minimum absolute atomic E-state index is 0.253. The Morgan fingerprint density at radius 1 is 1.12 bits per heavy atom. The summed E-state index contributed by atoms with van der Waals surface area (Å²) in [6.07, 6.45) is 0. The molecule has 8 heavy (non-hydrogen) atoms. The molecule has 1 atom stereocenters. The van der Waals surface area contributed by atoms with Gasteiger partial charge in [0, 0.05) is 0 Å². The Kier molecular flexibility index (Phi) is 2.56. The number of alkyl halides is 5. The van der Waals surface area contributed by atoms with Crippen molar-refractivity contribution < 1.29 is 8.78 Å². The van der Waals surface area contributed by atoms with Crippen LogP contribution in [-0.2, 0) is 0 Å². The molecule has 0 aliphatic heterocycles. The van der Waals surface area contributed by atoms with Gasteiger partial charge in [0.25, 0.3) is 0 Å². The third kappa shape index (κ3) is 2.48. The van der Waals surface area contributed by atoms with Gasteiger partial charge in [-0.1, -0.05) is 34.8 Å². The molecule has 0 bridgehead atoms. The molecular formula is C2H3Cl3F2Si. The van der Waals surface area contributed by atoms with Crippen LogP contribution in [0.2, 0.25) is 0 Å². The molecule has 50 valence electrons. The van der Waals surface area contributed by atoms with E-state index >= 15 is 0 Å². The van der Waals surface area contributed by atoms with Crippen molar-refractivity contribution in [2.24, 2.45) is 0 Å². The van der Waals surface area contributed by atoms with Gasteiger partial charge in [-0.2, -0.15) is 0 Å². The standard InChI is InChI=1S/C2H3Cl3F2Si/c3-1(4,6)2(5,7)8/h8H3. The summed E-state index contributed by atoms with van der Waals surface area (Å²) in [4.78, 5) is 0. The molecule has 0 amide bonds. The van der Waals surface area contributed by atoms with E-state index in [0.29, 0.717) is 0 Å². The van der Waals surface area contributed by atoms with E-state index in [9.17, 15) is 8.78 Å². The summed E-state index contributed by atoms with van der Waals surface area (Å²) < 4.78 is 18.5. The van der Waals surface area contributed by atoms with Gasteiger partial charge in [0.1, 0.15) is 0 Å². The summed E-state index contributed by atoms with van der Waals surface area (Å²) in [5.41, 5.74) is 0. The summed E-state index contributed by atoms with van der Waals surface area (Å²) in [6, 6.07) is 0. The van der Waals surface area contributed by atoms with Crippen molar-refractivity contribution in [3.8, 4) is 0 Å². The average Bonchev–Trinajstić information content (AvgIpc) is 1.25. The van der Waals surface area contributed by atoms with Crippen LogP contribution in [0.15, 0.2) is 0 Å². The number of hydrogen-bond donors (Lipinski definition) is 0. The first-order valence-electron chi connectivity index (χ1n) is 1.69. The summed E-state index contributed by atoms with van der Waals surface area (Å²) >= 11 is 14.0. The van der Waals surface area contributed by atoms with Crippen molar-refractivity contribution >= 4 is 45.0 Å². The Balaban J connectivity index is 4.02. The van der Waals surface area contributed by atoms with Crippen LogP contribution in [0.25, 0.3) is 0 Å². The smallest absolute Gasteiger partial charge is 0.226 e. The van der Waals surface area contributed by atoms with Gasteiger partial charge in [-0.3, -0.25) is 0 Å². The van der Waals surface area contributed by atoms with Gasteiger partial charge >= 0.3 is 4.59 Å². The highest BCUT2D eigenvalue weighted by atomic mass is 35.5. The van der Waals surface area contributed by atoms with Crippen LogP contribution in [-0.4, -0.2) is 19.6 Å². The molecule has 0 saturated heterocycles. The largest absolute Gasteiger partial charge is 0.300 e. The van der Waals surface area contributed by atoms with Gasteiger partial charge in [-0.25, -0.2) is 8.78 Å². The molecule has 0 aromatic carbocycles. The van der Waals surface area contributed by atoms with E-state index in [1.54, 1.807) is 0 Å². The van der Waals surface area contributed by atoms with E-state index in [2.05, 4.69) is 23.2 Å². The molecule has 0 saturated carbocycles. The van der Waals surface area contributed by atoms with Crippen LogP contribution >= 0.6 is 34.8 Å². The quantitative estimate of drug-likeness (QED) is 0.441. The predicted molar refractivity (Wildman–Crippen MR) is 35.2 cm³/mol. The third-order valence-corrected chi connectivity index (χ3v) is 2.98. The second kappa shape index (κ2) is 2.29. The lowest BCUT2D eigenvalue weighted by molar-refractivity contribution is 0.233. The van der Waals surface area contributed by atoms with E-state index in [4.69, 9.17) is 11.6 Å². The molecule has 0 nitrogen and oxygen atoms in total. The van der Waals surface area contributed by atoms with Crippen molar-refractivity contribution in [3.63, 3.8) is 0 Å². The van der Waals surface area contributed by atoms with Crippen LogP contribution in [0.1, 0.15) is 0 Å². The summed E-state index contributed by atoms with van der Waals surface area (Å²) in [6.45, 7) is 0. The monoisotopic (exact) mass is 198 g/mol. The minimum Gasteiger partial charge on any atom is -0.226 e. The van der Waals surface area contributed by atoms with Gasteiger partial charge in [0.2, 0.25) is 4.75 Å². The van der Waals surface area contributed by atoms with Crippen molar-refractivity contribution in [2.45, 2.75) is 9.34 Å². The lowest BCUT2D eigenvalue weighted by Crippen LogP contribution is -2.33. The molecule has 0 N–H and O–H groups in total.